The molecule has 6 nitrogen and oxygen atoms in total. The van der Waals surface area contributed by atoms with E-state index in [1.165, 1.54) is 0 Å². The second kappa shape index (κ2) is 8.91. The van der Waals surface area contributed by atoms with E-state index in [1.807, 2.05) is 0 Å². The molecule has 104 valence electrons. The van der Waals surface area contributed by atoms with Gasteiger partial charge in [-0.1, -0.05) is 0 Å². The van der Waals surface area contributed by atoms with E-state index < -0.39 is 12.6 Å². The molecule has 0 bridgehead atoms. The monoisotopic (exact) mass is 468 g/mol. The molecule has 2 N–H and O–H groups in total. The number of carboxylic acids is 1. The van der Waals surface area contributed by atoms with E-state index in [-0.39, 0.29) is 17.8 Å². The standard InChI is InChI=1S/C13H16NO5.Hg/c1-9(18-2)7-14-13(17)10-5-3-4-6-11(10)19-8-12(15)16;/h3-6,9H,1,7-8H2,2H3,(H,14,17)(H,15,16);/q;+1. The van der Waals surface area contributed by atoms with Crippen molar-refractivity contribution in [2.45, 2.75) is 10.0 Å². The number of amides is 1. The molecule has 0 spiro atoms. The van der Waals surface area contributed by atoms with Crippen molar-refractivity contribution in [3.8, 4) is 5.75 Å². The number of hydrogen-bond acceptors (Lipinski definition) is 4. The third kappa shape index (κ3) is 5.46. The Bertz CT molecular complexity index is 462. The predicted octanol–water partition coefficient (Wildman–Crippen LogP) is 0.860. The fourth-order valence-electron chi connectivity index (χ4n) is 1.52. The summed E-state index contributed by atoms with van der Waals surface area (Å²) in [7, 11) is 1.62. The molecule has 1 amide bonds. The van der Waals surface area contributed by atoms with Crippen LogP contribution in [0.3, 0.4) is 0 Å². The molecule has 0 radical (unpaired) electrons. The maximum atomic E-state index is 12.1. The Morgan fingerprint density at radius 3 is 2.70 bits per heavy atom. The Hall–Kier alpha value is -1.14. The van der Waals surface area contributed by atoms with E-state index in [4.69, 9.17) is 14.6 Å². The first-order chi connectivity index (χ1) is 9.58. The van der Waals surface area contributed by atoms with Gasteiger partial charge in [-0.25, -0.2) is 0 Å². The first-order valence-electron chi connectivity index (χ1n) is 6.12. The average molecular weight is 467 g/mol. The summed E-state index contributed by atoms with van der Waals surface area (Å²) in [5, 5.41) is 11.4. The normalized spacial score (nSPS) is 11.8. The van der Waals surface area contributed by atoms with Crippen LogP contribution in [0, 0.1) is 0 Å². The molecule has 1 atom stereocenters. The summed E-state index contributed by atoms with van der Waals surface area (Å²) in [4.78, 5) is 22.6. The summed E-state index contributed by atoms with van der Waals surface area (Å²) in [5.74, 6) is -1.12. The van der Waals surface area contributed by atoms with Crippen molar-refractivity contribution in [1.29, 1.82) is 0 Å². The SMILES string of the molecule is COC([CH2][Hg+])CNC(=O)c1ccccc1OCC(=O)O. The summed E-state index contributed by atoms with van der Waals surface area (Å²) in [6.07, 6.45) is 0.0365. The van der Waals surface area contributed by atoms with Crippen LogP contribution < -0.4 is 10.1 Å². The van der Waals surface area contributed by atoms with Crippen LogP contribution in [0.5, 0.6) is 5.75 Å². The van der Waals surface area contributed by atoms with Crippen LogP contribution in [0.15, 0.2) is 24.3 Å². The molecule has 0 aliphatic rings. The predicted molar refractivity (Wildman–Crippen MR) is 67.5 cm³/mol. The Morgan fingerprint density at radius 2 is 2.10 bits per heavy atom. The van der Waals surface area contributed by atoms with E-state index in [0.29, 0.717) is 38.2 Å². The van der Waals surface area contributed by atoms with Crippen LogP contribution in [0.25, 0.3) is 0 Å². The minimum atomic E-state index is -1.09. The van der Waals surface area contributed by atoms with Gasteiger partial charge in [0.25, 0.3) is 0 Å². The van der Waals surface area contributed by atoms with E-state index >= 15 is 0 Å². The summed E-state index contributed by atoms with van der Waals surface area (Å²) in [5.41, 5.74) is 0.321. The third-order valence-corrected chi connectivity index (χ3v) is 5.13. The molecule has 1 unspecified atom stereocenters. The number of carbonyl (C=O) groups is 2. The van der Waals surface area contributed by atoms with Crippen molar-refractivity contribution >= 4 is 11.9 Å². The minimum absolute atomic E-state index is 0.0365. The van der Waals surface area contributed by atoms with Crippen LogP contribution in [0.2, 0.25) is 3.93 Å². The van der Waals surface area contributed by atoms with Gasteiger partial charge in [-0.2, -0.15) is 0 Å². The summed E-state index contributed by atoms with van der Waals surface area (Å²) < 4.78 is 11.3. The zero-order chi connectivity index (χ0) is 15.0. The molecule has 20 heavy (non-hydrogen) atoms. The maximum absolute atomic E-state index is 12.1. The Morgan fingerprint density at radius 1 is 1.40 bits per heavy atom. The fraction of sp³-hybridized carbons (Fsp3) is 0.385. The van der Waals surface area contributed by atoms with Crippen molar-refractivity contribution in [1.82, 2.24) is 5.32 Å². The van der Waals surface area contributed by atoms with E-state index in [2.05, 4.69) is 5.32 Å². The zero-order valence-electron chi connectivity index (χ0n) is 11.3. The molecule has 1 aromatic rings. The van der Waals surface area contributed by atoms with Gasteiger partial charge < -0.3 is 0 Å². The number of rotatable bonds is 8. The van der Waals surface area contributed by atoms with Crippen molar-refractivity contribution < 1.29 is 50.3 Å². The van der Waals surface area contributed by atoms with Gasteiger partial charge in [0.15, 0.2) is 0 Å². The van der Waals surface area contributed by atoms with E-state index in [0.717, 1.165) is 3.93 Å². The van der Waals surface area contributed by atoms with Crippen molar-refractivity contribution in [2.75, 3.05) is 20.3 Å². The summed E-state index contributed by atoms with van der Waals surface area (Å²) in [6, 6.07) is 6.55. The van der Waals surface area contributed by atoms with Gasteiger partial charge in [-0.15, -0.1) is 0 Å². The molecule has 1 rings (SSSR count). The Balaban J connectivity index is 2.69. The molecule has 0 fully saturated rings. The second-order valence-electron chi connectivity index (χ2n) is 4.03. The Kier molecular flexibility index (Phi) is 7.54. The number of methoxy groups -OCH3 is 1. The number of ether oxygens (including phenoxy) is 2. The molecule has 0 aliphatic carbocycles. The van der Waals surface area contributed by atoms with Gasteiger partial charge in [0.05, 0.1) is 0 Å². The number of hydrogen-bond donors (Lipinski definition) is 2. The first-order valence-corrected chi connectivity index (χ1v) is 10.0. The first kappa shape index (κ1) is 16.9. The fourth-order valence-corrected chi connectivity index (χ4v) is 3.23. The summed E-state index contributed by atoms with van der Waals surface area (Å²) in [6.45, 7) is -0.0418. The van der Waals surface area contributed by atoms with Gasteiger partial charge in [0.1, 0.15) is 0 Å². The van der Waals surface area contributed by atoms with Gasteiger partial charge in [-0.3, -0.25) is 0 Å². The van der Waals surface area contributed by atoms with E-state index in [1.54, 1.807) is 31.4 Å². The molecule has 7 heteroatoms. The molecule has 0 saturated heterocycles. The molecular formula is C13H16HgNO5+. The zero-order valence-corrected chi connectivity index (χ0v) is 16.8. The van der Waals surface area contributed by atoms with Crippen molar-refractivity contribution in [2.24, 2.45) is 0 Å². The van der Waals surface area contributed by atoms with Crippen molar-refractivity contribution in [3.05, 3.63) is 29.8 Å². The van der Waals surface area contributed by atoms with Gasteiger partial charge >= 0.3 is 133 Å². The van der Waals surface area contributed by atoms with Gasteiger partial charge in [0, 0.05) is 0 Å². The third-order valence-electron chi connectivity index (χ3n) is 2.63. The van der Waals surface area contributed by atoms with Crippen LogP contribution in [0.4, 0.5) is 0 Å². The van der Waals surface area contributed by atoms with Gasteiger partial charge in [0.2, 0.25) is 0 Å². The van der Waals surface area contributed by atoms with Gasteiger partial charge in [-0.05, 0) is 0 Å². The van der Waals surface area contributed by atoms with E-state index in [9.17, 15) is 9.59 Å². The molecule has 0 aromatic heterocycles. The molecule has 0 saturated carbocycles. The molecule has 0 aliphatic heterocycles. The number of aliphatic carboxylic acids is 1. The Labute approximate surface area is 133 Å². The number of carbonyl (C=O) groups excluding carboxylic acids is 1. The molecular weight excluding hydrogens is 451 g/mol. The van der Waals surface area contributed by atoms with Crippen molar-refractivity contribution in [3.63, 3.8) is 0 Å². The molecule has 0 heterocycles. The topological polar surface area (TPSA) is 84.9 Å². The number of para-hydroxylation sites is 1. The van der Waals surface area contributed by atoms with Crippen LogP contribution >= 0.6 is 0 Å². The number of carboxylic acid groups (broad SMARTS) is 1. The average Bonchev–Trinajstić information content (AvgIpc) is 2.46. The van der Waals surface area contributed by atoms with Crippen LogP contribution in [0.1, 0.15) is 10.4 Å². The second-order valence-corrected chi connectivity index (χ2v) is 6.28. The number of nitrogens with one attached hydrogen (secondary N) is 1. The summed E-state index contributed by atoms with van der Waals surface area (Å²) >= 11 is 0.605. The van der Waals surface area contributed by atoms with Crippen LogP contribution in [-0.4, -0.2) is 43.3 Å². The molecule has 1 aromatic carbocycles. The number of benzene rings is 1. The quantitative estimate of drug-likeness (QED) is 0.555. The van der Waals surface area contributed by atoms with Crippen LogP contribution in [-0.2, 0) is 35.7 Å².